The Kier molecular flexibility index (Phi) is 5.65. The molecule has 1 amide bonds. The van der Waals surface area contributed by atoms with Gasteiger partial charge in [0.05, 0.1) is 16.5 Å². The number of nitro benzene ring substituents is 1. The van der Waals surface area contributed by atoms with Crippen molar-refractivity contribution >= 4 is 23.1 Å². The van der Waals surface area contributed by atoms with Crippen LogP contribution in [0.25, 0.3) is 11.3 Å². The minimum Gasteiger partial charge on any atom is -0.354 e. The topological polar surface area (TPSA) is 101 Å². The van der Waals surface area contributed by atoms with Crippen LogP contribution in [-0.2, 0) is 4.79 Å². The third-order valence-electron chi connectivity index (χ3n) is 5.18. The molecule has 0 aliphatic carbocycles. The number of amides is 1. The van der Waals surface area contributed by atoms with Gasteiger partial charge >= 0.3 is 0 Å². The Morgan fingerprint density at radius 1 is 1.03 bits per heavy atom. The molecule has 1 atom stereocenters. The lowest BCUT2D eigenvalue weighted by Gasteiger charge is -2.32. The number of carbonyl (C=O) groups excluding carboxylic acids is 1. The summed E-state index contributed by atoms with van der Waals surface area (Å²) in [4.78, 5) is 25.1. The summed E-state index contributed by atoms with van der Waals surface area (Å²) < 4.78 is 0. The monoisotopic (exact) mass is 403 g/mol. The van der Waals surface area contributed by atoms with E-state index in [1.54, 1.807) is 12.1 Å². The second kappa shape index (κ2) is 8.69. The highest BCUT2D eigenvalue weighted by Crippen LogP contribution is 2.24. The second-order valence-electron chi connectivity index (χ2n) is 7.22. The lowest BCUT2D eigenvalue weighted by molar-refractivity contribution is -0.384. The molecule has 3 aromatic rings. The van der Waals surface area contributed by atoms with E-state index in [2.05, 4.69) is 20.4 Å². The minimum absolute atomic E-state index is 0.00522. The maximum atomic E-state index is 12.7. The van der Waals surface area contributed by atoms with E-state index in [0.29, 0.717) is 12.2 Å². The zero-order chi connectivity index (χ0) is 20.9. The molecular weight excluding hydrogens is 382 g/mol. The first-order chi connectivity index (χ1) is 14.6. The molecule has 1 aliphatic rings. The lowest BCUT2D eigenvalue weighted by Crippen LogP contribution is -2.41. The Hall–Kier alpha value is -3.81. The number of nitro groups is 1. The first kappa shape index (κ1) is 19.5. The van der Waals surface area contributed by atoms with Crippen molar-refractivity contribution in [2.45, 2.75) is 12.8 Å². The van der Waals surface area contributed by atoms with Gasteiger partial charge in [-0.25, -0.2) is 0 Å². The summed E-state index contributed by atoms with van der Waals surface area (Å²) in [5.74, 6) is 0.467. The van der Waals surface area contributed by atoms with Gasteiger partial charge in [0.1, 0.15) is 0 Å². The van der Waals surface area contributed by atoms with Crippen molar-refractivity contribution < 1.29 is 9.72 Å². The number of nitrogens with one attached hydrogen (secondary N) is 1. The van der Waals surface area contributed by atoms with Crippen molar-refractivity contribution in [3.63, 3.8) is 0 Å². The Morgan fingerprint density at radius 3 is 2.47 bits per heavy atom. The standard InChI is InChI=1S/C22H21N5O3/c28-22(23-18-8-10-19(11-9-18)27(29)30)17-7-4-14-26(15-17)21-13-12-20(24-25-21)16-5-2-1-3-6-16/h1-3,5-6,8-13,17H,4,7,14-15H2,(H,23,28)/t17-/m1/s1. The molecule has 1 saturated heterocycles. The number of hydrogen-bond acceptors (Lipinski definition) is 6. The smallest absolute Gasteiger partial charge is 0.269 e. The number of nitrogens with zero attached hydrogens (tertiary/aromatic N) is 4. The van der Waals surface area contributed by atoms with Crippen molar-refractivity contribution in [1.29, 1.82) is 0 Å². The molecule has 152 valence electrons. The Balaban J connectivity index is 1.40. The molecule has 1 aromatic heterocycles. The van der Waals surface area contributed by atoms with Crippen molar-refractivity contribution in [3.05, 3.63) is 76.8 Å². The molecule has 8 nitrogen and oxygen atoms in total. The maximum Gasteiger partial charge on any atom is 0.269 e. The Bertz CT molecular complexity index is 1020. The molecule has 30 heavy (non-hydrogen) atoms. The molecule has 0 spiro atoms. The number of rotatable bonds is 5. The van der Waals surface area contributed by atoms with Crippen LogP contribution in [0, 0.1) is 16.0 Å². The molecule has 0 unspecified atom stereocenters. The van der Waals surface area contributed by atoms with E-state index in [9.17, 15) is 14.9 Å². The summed E-state index contributed by atoms with van der Waals surface area (Å²) in [6.07, 6.45) is 1.66. The molecule has 1 N–H and O–H groups in total. The molecule has 0 saturated carbocycles. The highest BCUT2D eigenvalue weighted by molar-refractivity contribution is 5.93. The van der Waals surface area contributed by atoms with Crippen molar-refractivity contribution in [2.75, 3.05) is 23.3 Å². The van der Waals surface area contributed by atoms with Crippen LogP contribution >= 0.6 is 0 Å². The highest BCUT2D eigenvalue weighted by Gasteiger charge is 2.27. The van der Waals surface area contributed by atoms with Gasteiger partial charge in [-0.2, -0.15) is 0 Å². The van der Waals surface area contributed by atoms with Gasteiger partial charge in [0.25, 0.3) is 5.69 Å². The van der Waals surface area contributed by atoms with Crippen LogP contribution in [0.15, 0.2) is 66.7 Å². The fourth-order valence-electron chi connectivity index (χ4n) is 3.57. The van der Waals surface area contributed by atoms with Gasteiger partial charge in [0, 0.05) is 36.5 Å². The lowest BCUT2D eigenvalue weighted by atomic mass is 9.97. The maximum absolute atomic E-state index is 12.7. The summed E-state index contributed by atoms with van der Waals surface area (Å²) in [5.41, 5.74) is 2.36. The van der Waals surface area contributed by atoms with E-state index in [1.807, 2.05) is 42.5 Å². The van der Waals surface area contributed by atoms with Crippen LogP contribution in [0.4, 0.5) is 17.2 Å². The predicted octanol–water partition coefficient (Wildman–Crippen LogP) is 3.91. The van der Waals surface area contributed by atoms with E-state index in [0.717, 1.165) is 36.5 Å². The minimum atomic E-state index is -0.464. The molecule has 8 heteroatoms. The van der Waals surface area contributed by atoms with E-state index in [4.69, 9.17) is 0 Å². The summed E-state index contributed by atoms with van der Waals surface area (Å²) in [6, 6.07) is 19.6. The SMILES string of the molecule is O=C(Nc1ccc([N+](=O)[O-])cc1)[C@@H]1CCCN(c2ccc(-c3ccccc3)nn2)C1. The molecule has 2 heterocycles. The average molecular weight is 403 g/mol. The normalized spacial score (nSPS) is 16.1. The third kappa shape index (κ3) is 4.43. The van der Waals surface area contributed by atoms with Crippen LogP contribution in [-0.4, -0.2) is 34.1 Å². The van der Waals surface area contributed by atoms with Gasteiger partial charge in [-0.3, -0.25) is 14.9 Å². The van der Waals surface area contributed by atoms with Crippen molar-refractivity contribution in [1.82, 2.24) is 10.2 Å². The first-order valence-corrected chi connectivity index (χ1v) is 9.79. The van der Waals surface area contributed by atoms with E-state index >= 15 is 0 Å². The molecule has 0 radical (unpaired) electrons. The Labute approximate surface area is 173 Å². The van der Waals surface area contributed by atoms with Gasteiger partial charge in [-0.05, 0) is 37.1 Å². The number of hydrogen-bond donors (Lipinski definition) is 1. The zero-order valence-corrected chi connectivity index (χ0v) is 16.3. The number of piperidine rings is 1. The number of non-ortho nitro benzene ring substituents is 1. The van der Waals surface area contributed by atoms with E-state index in [1.165, 1.54) is 12.1 Å². The number of benzene rings is 2. The van der Waals surface area contributed by atoms with Gasteiger partial charge in [-0.1, -0.05) is 30.3 Å². The summed E-state index contributed by atoms with van der Waals surface area (Å²) in [7, 11) is 0. The molecule has 0 bridgehead atoms. The quantitative estimate of drug-likeness (QED) is 0.512. The fourth-order valence-corrected chi connectivity index (χ4v) is 3.57. The Morgan fingerprint density at radius 2 is 1.80 bits per heavy atom. The van der Waals surface area contributed by atoms with Gasteiger partial charge in [-0.15, -0.1) is 10.2 Å². The van der Waals surface area contributed by atoms with Crippen LogP contribution in [0.5, 0.6) is 0 Å². The van der Waals surface area contributed by atoms with E-state index in [-0.39, 0.29) is 17.5 Å². The summed E-state index contributed by atoms with van der Waals surface area (Å²) >= 11 is 0. The predicted molar refractivity (Wildman–Crippen MR) is 114 cm³/mol. The third-order valence-corrected chi connectivity index (χ3v) is 5.18. The first-order valence-electron chi connectivity index (χ1n) is 9.79. The van der Waals surface area contributed by atoms with Crippen LogP contribution < -0.4 is 10.2 Å². The number of anilines is 2. The van der Waals surface area contributed by atoms with Gasteiger partial charge < -0.3 is 10.2 Å². The number of aromatic nitrogens is 2. The highest BCUT2D eigenvalue weighted by atomic mass is 16.6. The van der Waals surface area contributed by atoms with Gasteiger partial charge in [0.2, 0.25) is 5.91 Å². The zero-order valence-electron chi connectivity index (χ0n) is 16.3. The second-order valence-corrected chi connectivity index (χ2v) is 7.22. The molecular formula is C22H21N5O3. The average Bonchev–Trinajstić information content (AvgIpc) is 2.80. The van der Waals surface area contributed by atoms with Crippen LogP contribution in [0.2, 0.25) is 0 Å². The molecule has 4 rings (SSSR count). The fraction of sp³-hybridized carbons (Fsp3) is 0.227. The number of carbonyl (C=O) groups is 1. The van der Waals surface area contributed by atoms with Gasteiger partial charge in [0.15, 0.2) is 5.82 Å². The van der Waals surface area contributed by atoms with E-state index < -0.39 is 4.92 Å². The molecule has 1 fully saturated rings. The van der Waals surface area contributed by atoms with Crippen molar-refractivity contribution in [2.24, 2.45) is 5.92 Å². The molecule has 1 aliphatic heterocycles. The van der Waals surface area contributed by atoms with Crippen LogP contribution in [0.1, 0.15) is 12.8 Å². The molecule has 2 aromatic carbocycles. The van der Waals surface area contributed by atoms with Crippen molar-refractivity contribution in [3.8, 4) is 11.3 Å². The largest absolute Gasteiger partial charge is 0.354 e. The summed E-state index contributed by atoms with van der Waals surface area (Å²) in [6.45, 7) is 1.37. The van der Waals surface area contributed by atoms with Crippen LogP contribution in [0.3, 0.4) is 0 Å². The summed E-state index contributed by atoms with van der Waals surface area (Å²) in [5, 5.41) is 22.3.